The van der Waals surface area contributed by atoms with Gasteiger partial charge in [0.25, 0.3) is 0 Å². The van der Waals surface area contributed by atoms with Gasteiger partial charge in [0.15, 0.2) is 11.5 Å². The quantitative estimate of drug-likeness (QED) is 0.241. The number of nitrogens with zero attached hydrogens (tertiary/aromatic N) is 2. The predicted octanol–water partition coefficient (Wildman–Crippen LogP) is 5.60. The Labute approximate surface area is 232 Å². The Balaban J connectivity index is 1.34. The van der Waals surface area contributed by atoms with Crippen LogP contribution in [-0.2, 0) is 13.2 Å². The van der Waals surface area contributed by atoms with Gasteiger partial charge in [-0.15, -0.1) is 0 Å². The largest absolute Gasteiger partial charge is 0.488 e. The number of hydrogen-bond donors (Lipinski definition) is 2. The lowest BCUT2D eigenvalue weighted by Crippen LogP contribution is -2.18. The van der Waals surface area contributed by atoms with Crippen LogP contribution in [0.1, 0.15) is 16.7 Å². The number of nitriles is 1. The lowest BCUT2D eigenvalue weighted by atomic mass is 10.0. The molecule has 5 aromatic rings. The fourth-order valence-corrected chi connectivity index (χ4v) is 5.02. The Morgan fingerprint density at radius 2 is 1.80 bits per heavy atom. The van der Waals surface area contributed by atoms with Crippen molar-refractivity contribution in [3.8, 4) is 40.1 Å². The fraction of sp³-hybridized carbons (Fsp3) is 0.182. The Morgan fingerprint density at radius 1 is 0.925 bits per heavy atom. The number of benzene rings is 4. The first-order valence-electron chi connectivity index (χ1n) is 13.3. The van der Waals surface area contributed by atoms with E-state index in [1.165, 1.54) is 0 Å². The van der Waals surface area contributed by atoms with Gasteiger partial charge in [0.1, 0.15) is 25.6 Å². The summed E-state index contributed by atoms with van der Waals surface area (Å²) in [6.45, 7) is 2.59. The summed E-state index contributed by atoms with van der Waals surface area (Å²) in [6, 6.07) is 30.3. The van der Waals surface area contributed by atoms with Crippen molar-refractivity contribution in [1.82, 2.24) is 9.88 Å². The van der Waals surface area contributed by atoms with E-state index in [9.17, 15) is 10.4 Å². The molecule has 7 heteroatoms. The number of fused-ring (bicyclic) bond motifs is 2. The third-order valence-corrected chi connectivity index (χ3v) is 6.97. The van der Waals surface area contributed by atoms with Gasteiger partial charge in [-0.25, -0.2) is 0 Å². The standard InChI is InChI=1S/C33H29N3O4/c34-20-23-3-1-4-24(17-23)22-40-32-19-27(9-7-26(32)21-35-12-14-37)36-13-11-29-28(5-2-6-30(29)36)25-8-10-31-33(18-25)39-16-15-38-31/h1-11,13,17-19,35,37H,12,14-16,21-22H2. The van der Waals surface area contributed by atoms with Crippen molar-refractivity contribution in [3.63, 3.8) is 0 Å². The number of aromatic nitrogens is 1. The van der Waals surface area contributed by atoms with Crippen molar-refractivity contribution in [3.05, 3.63) is 108 Å². The maximum atomic E-state index is 9.25. The average Bonchev–Trinajstić information content (AvgIpc) is 3.45. The molecule has 0 saturated heterocycles. The second-order valence-electron chi connectivity index (χ2n) is 9.58. The Morgan fingerprint density at radius 3 is 2.67 bits per heavy atom. The molecule has 40 heavy (non-hydrogen) atoms. The first-order chi connectivity index (χ1) is 19.7. The average molecular weight is 532 g/mol. The van der Waals surface area contributed by atoms with Gasteiger partial charge in [-0.3, -0.25) is 0 Å². The molecule has 2 N–H and O–H groups in total. The molecule has 1 aromatic heterocycles. The normalized spacial score (nSPS) is 12.3. The van der Waals surface area contributed by atoms with Gasteiger partial charge >= 0.3 is 0 Å². The minimum Gasteiger partial charge on any atom is -0.488 e. The first-order valence-corrected chi connectivity index (χ1v) is 13.3. The Hall–Kier alpha value is -4.77. The van der Waals surface area contributed by atoms with E-state index < -0.39 is 0 Å². The van der Waals surface area contributed by atoms with Crippen LogP contribution in [0.15, 0.2) is 91.1 Å². The smallest absolute Gasteiger partial charge is 0.161 e. The van der Waals surface area contributed by atoms with E-state index in [0.29, 0.717) is 38.5 Å². The summed E-state index contributed by atoms with van der Waals surface area (Å²) in [6.07, 6.45) is 2.07. The molecule has 0 unspecified atom stereocenters. The molecular formula is C33H29N3O4. The topological polar surface area (TPSA) is 88.7 Å². The minimum absolute atomic E-state index is 0.0658. The van der Waals surface area contributed by atoms with Crippen molar-refractivity contribution in [2.24, 2.45) is 0 Å². The molecule has 4 aromatic carbocycles. The van der Waals surface area contributed by atoms with Crippen molar-refractivity contribution < 1.29 is 19.3 Å². The molecule has 0 fully saturated rings. The highest BCUT2D eigenvalue weighted by atomic mass is 16.6. The second-order valence-corrected chi connectivity index (χ2v) is 9.58. The van der Waals surface area contributed by atoms with Crippen LogP contribution in [0.25, 0.3) is 27.7 Å². The van der Waals surface area contributed by atoms with E-state index in [1.54, 1.807) is 6.07 Å². The van der Waals surface area contributed by atoms with Crippen molar-refractivity contribution in [2.75, 3.05) is 26.4 Å². The summed E-state index contributed by atoms with van der Waals surface area (Å²) in [5.41, 5.74) is 6.75. The molecule has 2 heterocycles. The van der Waals surface area contributed by atoms with Crippen molar-refractivity contribution in [2.45, 2.75) is 13.2 Å². The zero-order valence-corrected chi connectivity index (χ0v) is 22.0. The molecular weight excluding hydrogens is 502 g/mol. The van der Waals surface area contributed by atoms with Crippen LogP contribution >= 0.6 is 0 Å². The van der Waals surface area contributed by atoms with Gasteiger partial charge in [0.05, 0.1) is 23.8 Å². The molecule has 0 amide bonds. The highest BCUT2D eigenvalue weighted by Gasteiger charge is 2.15. The lowest BCUT2D eigenvalue weighted by molar-refractivity contribution is 0.171. The van der Waals surface area contributed by atoms with Crippen LogP contribution < -0.4 is 19.5 Å². The van der Waals surface area contributed by atoms with E-state index in [0.717, 1.165) is 56.1 Å². The predicted molar refractivity (Wildman–Crippen MR) is 154 cm³/mol. The zero-order chi connectivity index (χ0) is 27.3. The van der Waals surface area contributed by atoms with Crippen LogP contribution in [-0.4, -0.2) is 36.0 Å². The number of rotatable bonds is 9. The molecule has 0 radical (unpaired) electrons. The van der Waals surface area contributed by atoms with Crippen molar-refractivity contribution in [1.29, 1.82) is 5.26 Å². The minimum atomic E-state index is 0.0658. The molecule has 200 valence electrons. The first kappa shape index (κ1) is 25.5. The second kappa shape index (κ2) is 11.5. The van der Waals surface area contributed by atoms with E-state index in [1.807, 2.05) is 36.4 Å². The molecule has 0 atom stereocenters. The molecule has 0 aliphatic carbocycles. The monoisotopic (exact) mass is 531 g/mol. The summed E-state index contributed by atoms with van der Waals surface area (Å²) in [4.78, 5) is 0. The van der Waals surface area contributed by atoms with Gasteiger partial charge in [0.2, 0.25) is 0 Å². The van der Waals surface area contributed by atoms with Gasteiger partial charge in [-0.1, -0.05) is 36.4 Å². The summed E-state index contributed by atoms with van der Waals surface area (Å²) >= 11 is 0. The van der Waals surface area contributed by atoms with Gasteiger partial charge in [0, 0.05) is 42.0 Å². The number of hydrogen-bond acceptors (Lipinski definition) is 6. The van der Waals surface area contributed by atoms with Gasteiger partial charge in [-0.05, 0) is 59.2 Å². The number of aliphatic hydroxyl groups is 1. The number of nitrogens with one attached hydrogen (secondary N) is 1. The molecule has 1 aliphatic rings. The van der Waals surface area contributed by atoms with Crippen LogP contribution in [0.2, 0.25) is 0 Å². The fourth-order valence-electron chi connectivity index (χ4n) is 5.02. The molecule has 7 nitrogen and oxygen atoms in total. The highest BCUT2D eigenvalue weighted by molar-refractivity contribution is 5.96. The molecule has 1 aliphatic heterocycles. The van der Waals surface area contributed by atoms with E-state index in [4.69, 9.17) is 14.2 Å². The molecule has 0 saturated carbocycles. The molecule has 0 bridgehead atoms. The summed E-state index contributed by atoms with van der Waals surface area (Å²) in [7, 11) is 0. The van der Waals surface area contributed by atoms with Crippen molar-refractivity contribution >= 4 is 10.9 Å². The van der Waals surface area contributed by atoms with Crippen LogP contribution in [0, 0.1) is 11.3 Å². The molecule has 6 rings (SSSR count). The van der Waals surface area contributed by atoms with Gasteiger partial charge < -0.3 is 29.2 Å². The zero-order valence-electron chi connectivity index (χ0n) is 22.0. The third kappa shape index (κ3) is 5.23. The SMILES string of the molecule is N#Cc1cccc(COc2cc(-n3ccc4c(-c5ccc6c(c5)OCCO6)cccc43)ccc2CNCCO)c1. The van der Waals surface area contributed by atoms with E-state index in [-0.39, 0.29) is 6.61 Å². The Kier molecular flexibility index (Phi) is 7.36. The lowest BCUT2D eigenvalue weighted by Gasteiger charge is -2.19. The summed E-state index contributed by atoms with van der Waals surface area (Å²) in [5.74, 6) is 2.29. The third-order valence-electron chi connectivity index (χ3n) is 6.97. The van der Waals surface area contributed by atoms with E-state index in [2.05, 4.69) is 64.6 Å². The summed E-state index contributed by atoms with van der Waals surface area (Å²) in [5, 5.41) is 22.8. The molecule has 0 spiro atoms. The van der Waals surface area contributed by atoms with E-state index >= 15 is 0 Å². The number of aliphatic hydroxyl groups excluding tert-OH is 1. The summed E-state index contributed by atoms with van der Waals surface area (Å²) < 4.78 is 20.0. The van der Waals surface area contributed by atoms with Crippen LogP contribution in [0.5, 0.6) is 17.2 Å². The Bertz CT molecular complexity index is 1700. The van der Waals surface area contributed by atoms with Gasteiger partial charge in [-0.2, -0.15) is 5.26 Å². The maximum Gasteiger partial charge on any atom is 0.161 e. The highest BCUT2D eigenvalue weighted by Crippen LogP contribution is 2.38. The van der Waals surface area contributed by atoms with Crippen LogP contribution in [0.4, 0.5) is 0 Å². The number of ether oxygens (including phenoxy) is 3. The maximum absolute atomic E-state index is 9.25. The van der Waals surface area contributed by atoms with Crippen LogP contribution in [0.3, 0.4) is 0 Å².